The Kier molecular flexibility index (Phi) is 11.9. The van der Waals surface area contributed by atoms with Crippen LogP contribution < -0.4 is 21.7 Å². The van der Waals surface area contributed by atoms with Crippen LogP contribution in [0, 0.1) is 17.7 Å². The van der Waals surface area contributed by atoms with Crippen LogP contribution in [0.5, 0.6) is 5.75 Å². The van der Waals surface area contributed by atoms with Gasteiger partial charge in [-0.25, -0.2) is 0 Å². The average Bonchev–Trinajstić information content (AvgIpc) is 2.15. The molecule has 16 heavy (non-hydrogen) atoms. The zero-order chi connectivity index (χ0) is 10.4. The minimum Gasteiger partial charge on any atom is -1.00 e. The number of halogens is 3. The molecule has 0 bridgehead atoms. The predicted molar refractivity (Wildman–Crippen MR) is 56.0 cm³/mol. The van der Waals surface area contributed by atoms with Gasteiger partial charge in [0.15, 0.2) is 0 Å². The smallest absolute Gasteiger partial charge is 1.00 e. The summed E-state index contributed by atoms with van der Waals surface area (Å²) in [5.74, 6) is -1.33. The van der Waals surface area contributed by atoms with Crippen molar-refractivity contribution in [3.63, 3.8) is 0 Å². The SMILES string of the molecule is CCCCCOc1[c-]cc(F)cc1F.[Br-].[Mg+2]. The first-order chi connectivity index (χ1) is 6.74. The Hall–Kier alpha value is 0.126. The fourth-order valence-electron chi connectivity index (χ4n) is 1.07. The van der Waals surface area contributed by atoms with E-state index < -0.39 is 11.6 Å². The summed E-state index contributed by atoms with van der Waals surface area (Å²) in [4.78, 5) is 0. The Morgan fingerprint density at radius 3 is 2.56 bits per heavy atom. The number of ether oxygens (including phenoxy) is 1. The van der Waals surface area contributed by atoms with E-state index >= 15 is 0 Å². The van der Waals surface area contributed by atoms with E-state index in [-0.39, 0.29) is 45.8 Å². The van der Waals surface area contributed by atoms with Gasteiger partial charge in [-0.3, -0.25) is 8.78 Å². The molecule has 0 atom stereocenters. The molecule has 1 aromatic rings. The molecule has 0 unspecified atom stereocenters. The Bertz CT molecular complexity index is 297. The molecule has 1 aromatic carbocycles. The van der Waals surface area contributed by atoms with Gasteiger partial charge in [-0.1, -0.05) is 25.8 Å². The molecule has 0 saturated carbocycles. The molecule has 0 spiro atoms. The van der Waals surface area contributed by atoms with Crippen molar-refractivity contribution in [3.8, 4) is 5.75 Å². The van der Waals surface area contributed by atoms with Crippen LogP contribution in [0.2, 0.25) is 0 Å². The van der Waals surface area contributed by atoms with E-state index in [1.165, 1.54) is 0 Å². The van der Waals surface area contributed by atoms with Gasteiger partial charge < -0.3 is 21.7 Å². The standard InChI is InChI=1S/C11H13F2O.BrH.Mg/c1-2-3-4-7-14-11-6-5-9(12)8-10(11)13;;/h5,8H,2-4,7H2,1H3;1H;/q-1;;+2/p-1. The number of hydrogen-bond acceptors (Lipinski definition) is 1. The summed E-state index contributed by atoms with van der Waals surface area (Å²) in [6.07, 6.45) is 3.00. The van der Waals surface area contributed by atoms with Crippen molar-refractivity contribution >= 4 is 23.1 Å². The van der Waals surface area contributed by atoms with E-state index in [4.69, 9.17) is 4.74 Å². The van der Waals surface area contributed by atoms with Crippen LogP contribution in [0.1, 0.15) is 26.2 Å². The minimum absolute atomic E-state index is 0. The number of hydrogen-bond donors (Lipinski definition) is 0. The summed E-state index contributed by atoms with van der Waals surface area (Å²) in [6.45, 7) is 2.53. The fourth-order valence-corrected chi connectivity index (χ4v) is 1.07. The van der Waals surface area contributed by atoms with Crippen LogP contribution in [0.25, 0.3) is 0 Å². The number of rotatable bonds is 5. The van der Waals surface area contributed by atoms with E-state index in [1.54, 1.807) is 0 Å². The van der Waals surface area contributed by atoms with Crippen LogP contribution in [0.4, 0.5) is 8.78 Å². The summed E-state index contributed by atoms with van der Waals surface area (Å²) >= 11 is 0. The maximum absolute atomic E-state index is 13.0. The zero-order valence-electron chi connectivity index (χ0n) is 9.23. The van der Waals surface area contributed by atoms with Crippen molar-refractivity contribution in [2.24, 2.45) is 0 Å². The molecular formula is C11H13BrF2MgO. The summed E-state index contributed by atoms with van der Waals surface area (Å²) in [5, 5.41) is 0. The Morgan fingerprint density at radius 1 is 1.31 bits per heavy atom. The zero-order valence-corrected chi connectivity index (χ0v) is 12.2. The maximum atomic E-state index is 13.0. The van der Waals surface area contributed by atoms with Crippen molar-refractivity contribution < 1.29 is 30.5 Å². The van der Waals surface area contributed by atoms with Crippen molar-refractivity contribution in [1.82, 2.24) is 0 Å². The molecule has 0 aliphatic rings. The predicted octanol–water partition coefficient (Wildman–Crippen LogP) is -0.0428. The van der Waals surface area contributed by atoms with Gasteiger partial charge in [0.25, 0.3) is 0 Å². The summed E-state index contributed by atoms with van der Waals surface area (Å²) in [7, 11) is 0. The first-order valence-corrected chi connectivity index (χ1v) is 4.73. The fraction of sp³-hybridized carbons (Fsp3) is 0.455. The van der Waals surface area contributed by atoms with Crippen LogP contribution >= 0.6 is 0 Å². The van der Waals surface area contributed by atoms with Crippen LogP contribution in [0.3, 0.4) is 0 Å². The minimum atomic E-state index is -0.693. The molecule has 0 fully saturated rings. The Morgan fingerprint density at radius 2 is 2.00 bits per heavy atom. The molecular weight excluding hydrogens is 290 g/mol. The third-order valence-corrected chi connectivity index (χ3v) is 1.82. The van der Waals surface area contributed by atoms with E-state index in [1.807, 2.05) is 0 Å². The second-order valence-electron chi connectivity index (χ2n) is 3.05. The van der Waals surface area contributed by atoms with Gasteiger partial charge in [0, 0.05) is 11.6 Å². The molecule has 0 aliphatic heterocycles. The first kappa shape index (κ1) is 18.5. The van der Waals surface area contributed by atoms with Gasteiger partial charge >= 0.3 is 23.1 Å². The van der Waals surface area contributed by atoms with Gasteiger partial charge in [0.2, 0.25) is 0 Å². The number of benzene rings is 1. The second kappa shape index (κ2) is 10.3. The number of unbranched alkanes of at least 4 members (excludes halogenated alkanes) is 2. The summed E-state index contributed by atoms with van der Waals surface area (Å²) in [6, 6.07) is 4.27. The van der Waals surface area contributed by atoms with Crippen molar-refractivity contribution in [2.75, 3.05) is 6.61 Å². The van der Waals surface area contributed by atoms with Gasteiger partial charge in [0.1, 0.15) is 0 Å². The molecule has 0 aromatic heterocycles. The molecule has 0 saturated heterocycles. The van der Waals surface area contributed by atoms with Gasteiger partial charge in [-0.2, -0.15) is 0 Å². The Balaban J connectivity index is 0. The van der Waals surface area contributed by atoms with E-state index in [0.29, 0.717) is 6.61 Å². The van der Waals surface area contributed by atoms with Crippen LogP contribution in [0.15, 0.2) is 12.1 Å². The topological polar surface area (TPSA) is 9.23 Å². The van der Waals surface area contributed by atoms with E-state index in [0.717, 1.165) is 31.4 Å². The van der Waals surface area contributed by atoms with Crippen molar-refractivity contribution in [3.05, 3.63) is 29.8 Å². The normalized spacial score (nSPS) is 8.94. The molecule has 0 amide bonds. The monoisotopic (exact) mass is 302 g/mol. The van der Waals surface area contributed by atoms with Crippen molar-refractivity contribution in [2.45, 2.75) is 26.2 Å². The molecule has 0 aliphatic carbocycles. The summed E-state index contributed by atoms with van der Waals surface area (Å²) < 4.78 is 30.5. The van der Waals surface area contributed by atoms with Gasteiger partial charge in [0.05, 0.1) is 12.4 Å². The molecule has 1 rings (SSSR count). The maximum Gasteiger partial charge on any atom is 2.00 e. The molecule has 1 nitrogen and oxygen atoms in total. The average molecular weight is 303 g/mol. The molecule has 5 heteroatoms. The van der Waals surface area contributed by atoms with Crippen LogP contribution in [-0.4, -0.2) is 29.7 Å². The molecule has 0 heterocycles. The van der Waals surface area contributed by atoms with Crippen molar-refractivity contribution in [1.29, 1.82) is 0 Å². The third-order valence-electron chi connectivity index (χ3n) is 1.82. The quantitative estimate of drug-likeness (QED) is 0.421. The van der Waals surface area contributed by atoms with E-state index in [9.17, 15) is 8.78 Å². The Labute approximate surface area is 121 Å². The van der Waals surface area contributed by atoms with E-state index in [2.05, 4.69) is 13.0 Å². The first-order valence-electron chi connectivity index (χ1n) is 4.73. The molecule has 0 radical (unpaired) electrons. The largest absolute Gasteiger partial charge is 2.00 e. The second-order valence-corrected chi connectivity index (χ2v) is 3.05. The summed E-state index contributed by atoms with van der Waals surface area (Å²) in [5.41, 5.74) is 0. The van der Waals surface area contributed by atoms with Crippen LogP contribution in [-0.2, 0) is 0 Å². The molecule has 0 N–H and O–H groups in total. The van der Waals surface area contributed by atoms with Gasteiger partial charge in [-0.05, 0) is 6.42 Å². The van der Waals surface area contributed by atoms with Gasteiger partial charge in [-0.15, -0.1) is 12.1 Å². The molecule has 86 valence electrons. The third kappa shape index (κ3) is 6.65.